The zero-order valence-corrected chi connectivity index (χ0v) is 8.89. The van der Waals surface area contributed by atoms with Crippen LogP contribution in [0.1, 0.15) is 12.7 Å². The van der Waals surface area contributed by atoms with Gasteiger partial charge in [0, 0.05) is 33.7 Å². The number of nitrogens with zero attached hydrogens (tertiary/aromatic N) is 2. The largest absolute Gasteiger partial charge is 0.377 e. The van der Waals surface area contributed by atoms with Crippen molar-refractivity contribution in [3.8, 4) is 0 Å². The van der Waals surface area contributed by atoms with Gasteiger partial charge in [0.1, 0.15) is 5.82 Å². The quantitative estimate of drug-likeness (QED) is 0.708. The number of aromatic nitrogens is 2. The minimum Gasteiger partial charge on any atom is -0.377 e. The Hall–Kier alpha value is -0.910. The number of methoxy groups -OCH3 is 2. The molecule has 0 spiro atoms. The Labute approximate surface area is 83.3 Å². The van der Waals surface area contributed by atoms with Crippen LogP contribution >= 0.6 is 0 Å². The number of rotatable bonds is 4. The maximum Gasteiger partial charge on any atom is 0.192 e. The van der Waals surface area contributed by atoms with Gasteiger partial charge in [-0.25, -0.2) is 4.98 Å². The fraction of sp³-hybridized carbons (Fsp3) is 0.667. The Morgan fingerprint density at radius 2 is 2.07 bits per heavy atom. The van der Waals surface area contributed by atoms with E-state index in [0.717, 1.165) is 0 Å². The molecule has 0 radical (unpaired) electrons. The van der Waals surface area contributed by atoms with Gasteiger partial charge >= 0.3 is 0 Å². The topological polar surface area (TPSA) is 56.5 Å². The Morgan fingerprint density at radius 1 is 1.50 bits per heavy atom. The smallest absolute Gasteiger partial charge is 0.192 e. The first kappa shape index (κ1) is 11.2. The van der Waals surface area contributed by atoms with Crippen LogP contribution in [0, 0.1) is 0 Å². The van der Waals surface area contributed by atoms with E-state index >= 15 is 0 Å². The van der Waals surface area contributed by atoms with Crippen molar-refractivity contribution in [2.45, 2.75) is 18.8 Å². The molecule has 1 rings (SSSR count). The highest BCUT2D eigenvalue weighted by Gasteiger charge is 2.37. The summed E-state index contributed by atoms with van der Waals surface area (Å²) in [7, 11) is 4.76. The van der Waals surface area contributed by atoms with Crippen LogP contribution in [-0.2, 0) is 22.1 Å². The summed E-state index contributed by atoms with van der Waals surface area (Å²) in [6, 6.07) is 0. The van der Waals surface area contributed by atoms with Gasteiger partial charge in [0.15, 0.2) is 11.9 Å². The first-order chi connectivity index (χ1) is 6.54. The summed E-state index contributed by atoms with van der Waals surface area (Å²) in [6.45, 7) is 1.60. The second-order valence-corrected chi connectivity index (χ2v) is 3.31. The van der Waals surface area contributed by atoms with E-state index in [-0.39, 0.29) is 0 Å². The first-order valence-corrected chi connectivity index (χ1v) is 4.29. The SMILES string of the molecule is COC(OC)C(C)(O)c1nccn1C. The van der Waals surface area contributed by atoms with Gasteiger partial charge in [0.2, 0.25) is 0 Å². The highest BCUT2D eigenvalue weighted by molar-refractivity contribution is 5.04. The third-order valence-electron chi connectivity index (χ3n) is 2.16. The van der Waals surface area contributed by atoms with Crippen LogP contribution in [0.4, 0.5) is 0 Å². The molecule has 80 valence electrons. The summed E-state index contributed by atoms with van der Waals surface area (Å²) in [6.07, 6.45) is 2.64. The predicted octanol–water partition coefficient (Wildman–Crippen LogP) is 0.246. The highest BCUT2D eigenvalue weighted by Crippen LogP contribution is 2.24. The normalized spacial score (nSPS) is 15.9. The minimum atomic E-state index is -1.26. The molecule has 0 aliphatic heterocycles. The summed E-state index contributed by atoms with van der Waals surface area (Å²) in [5.41, 5.74) is -1.26. The van der Waals surface area contributed by atoms with Crippen LogP contribution < -0.4 is 0 Å². The lowest BCUT2D eigenvalue weighted by Gasteiger charge is -2.29. The minimum absolute atomic E-state index is 0.506. The molecule has 1 aromatic rings. The molecule has 0 saturated carbocycles. The van der Waals surface area contributed by atoms with Gasteiger partial charge in [-0.15, -0.1) is 0 Å². The molecule has 0 aliphatic carbocycles. The van der Waals surface area contributed by atoms with Crippen LogP contribution in [0.2, 0.25) is 0 Å². The second-order valence-electron chi connectivity index (χ2n) is 3.31. The van der Waals surface area contributed by atoms with Crippen LogP contribution in [0.15, 0.2) is 12.4 Å². The molecule has 0 fully saturated rings. The highest BCUT2D eigenvalue weighted by atomic mass is 16.7. The molecule has 0 saturated heterocycles. The first-order valence-electron chi connectivity index (χ1n) is 4.29. The Balaban J connectivity index is 3.00. The molecule has 0 aromatic carbocycles. The van der Waals surface area contributed by atoms with E-state index in [2.05, 4.69) is 4.98 Å². The van der Waals surface area contributed by atoms with Gasteiger partial charge in [-0.2, -0.15) is 0 Å². The van der Waals surface area contributed by atoms with E-state index in [1.807, 2.05) is 0 Å². The lowest BCUT2D eigenvalue weighted by atomic mass is 10.1. The van der Waals surface area contributed by atoms with Gasteiger partial charge in [-0.3, -0.25) is 0 Å². The molecular weight excluding hydrogens is 184 g/mol. The standard InChI is InChI=1S/C9H16N2O3/c1-9(12,8(13-3)14-4)7-10-5-6-11(7)2/h5-6,8,12H,1-4H3. The summed E-state index contributed by atoms with van der Waals surface area (Å²) in [4.78, 5) is 4.06. The van der Waals surface area contributed by atoms with Crippen LogP contribution in [0.5, 0.6) is 0 Å². The molecule has 0 bridgehead atoms. The number of ether oxygens (including phenoxy) is 2. The third kappa shape index (κ3) is 1.79. The molecule has 5 heteroatoms. The molecule has 0 amide bonds. The molecule has 1 N–H and O–H groups in total. The molecule has 1 unspecified atom stereocenters. The zero-order valence-electron chi connectivity index (χ0n) is 8.89. The van der Waals surface area contributed by atoms with Gasteiger partial charge in [0.25, 0.3) is 0 Å². The molecule has 5 nitrogen and oxygen atoms in total. The maximum atomic E-state index is 10.2. The lowest BCUT2D eigenvalue weighted by Crippen LogP contribution is -2.41. The zero-order chi connectivity index (χ0) is 10.8. The summed E-state index contributed by atoms with van der Waals surface area (Å²) in [5, 5.41) is 10.2. The fourth-order valence-corrected chi connectivity index (χ4v) is 1.51. The Kier molecular flexibility index (Phi) is 3.25. The van der Waals surface area contributed by atoms with Crippen molar-refractivity contribution in [1.29, 1.82) is 0 Å². The summed E-state index contributed by atoms with van der Waals surface area (Å²) >= 11 is 0. The second kappa shape index (κ2) is 4.08. The van der Waals surface area contributed by atoms with Crippen molar-refractivity contribution in [1.82, 2.24) is 9.55 Å². The number of aryl methyl sites for hydroxylation is 1. The van der Waals surface area contributed by atoms with E-state index in [1.165, 1.54) is 14.2 Å². The van der Waals surface area contributed by atoms with Gasteiger partial charge < -0.3 is 19.1 Å². The molecule has 1 aromatic heterocycles. The third-order valence-corrected chi connectivity index (χ3v) is 2.16. The van der Waals surface area contributed by atoms with Crippen molar-refractivity contribution < 1.29 is 14.6 Å². The number of hydrogen-bond acceptors (Lipinski definition) is 4. The van der Waals surface area contributed by atoms with Crippen LogP contribution in [0.3, 0.4) is 0 Å². The maximum absolute atomic E-state index is 10.2. The summed E-state index contributed by atoms with van der Waals surface area (Å²) in [5.74, 6) is 0.506. The molecule has 1 atom stereocenters. The molecule has 14 heavy (non-hydrogen) atoms. The van der Waals surface area contributed by atoms with E-state index in [9.17, 15) is 5.11 Å². The van der Waals surface area contributed by atoms with Crippen molar-refractivity contribution in [3.63, 3.8) is 0 Å². The average Bonchev–Trinajstić information content (AvgIpc) is 2.53. The van der Waals surface area contributed by atoms with Crippen molar-refractivity contribution in [2.75, 3.05) is 14.2 Å². The molecule has 0 aliphatic rings. The predicted molar refractivity (Wildman–Crippen MR) is 50.6 cm³/mol. The molecular formula is C9H16N2O3. The van der Waals surface area contributed by atoms with Crippen LogP contribution in [-0.4, -0.2) is 35.2 Å². The number of hydrogen-bond donors (Lipinski definition) is 1. The van der Waals surface area contributed by atoms with E-state index < -0.39 is 11.9 Å². The van der Waals surface area contributed by atoms with Crippen molar-refractivity contribution in [2.24, 2.45) is 7.05 Å². The van der Waals surface area contributed by atoms with Gasteiger partial charge in [-0.1, -0.05) is 0 Å². The number of imidazole rings is 1. The summed E-state index contributed by atoms with van der Waals surface area (Å²) < 4.78 is 11.8. The molecule has 1 heterocycles. The Morgan fingerprint density at radius 3 is 2.43 bits per heavy atom. The van der Waals surface area contributed by atoms with Gasteiger partial charge in [-0.05, 0) is 6.92 Å². The van der Waals surface area contributed by atoms with Crippen molar-refractivity contribution >= 4 is 0 Å². The fourth-order valence-electron chi connectivity index (χ4n) is 1.51. The number of aliphatic hydroxyl groups is 1. The van der Waals surface area contributed by atoms with E-state index in [0.29, 0.717) is 5.82 Å². The Bertz CT molecular complexity index is 292. The average molecular weight is 200 g/mol. The van der Waals surface area contributed by atoms with E-state index in [4.69, 9.17) is 9.47 Å². The van der Waals surface area contributed by atoms with Gasteiger partial charge in [0.05, 0.1) is 0 Å². The van der Waals surface area contributed by atoms with Crippen molar-refractivity contribution in [3.05, 3.63) is 18.2 Å². The lowest BCUT2D eigenvalue weighted by molar-refractivity contribution is -0.216. The van der Waals surface area contributed by atoms with E-state index in [1.54, 1.807) is 30.9 Å². The van der Waals surface area contributed by atoms with Crippen LogP contribution in [0.25, 0.3) is 0 Å². The monoisotopic (exact) mass is 200 g/mol.